The van der Waals surface area contributed by atoms with Crippen molar-refractivity contribution in [3.05, 3.63) is 35.1 Å². The van der Waals surface area contributed by atoms with E-state index in [1.165, 1.54) is 29.1 Å². The van der Waals surface area contributed by atoms with Gasteiger partial charge in [-0.1, -0.05) is 11.6 Å². The lowest BCUT2D eigenvalue weighted by Gasteiger charge is -2.18. The maximum absolute atomic E-state index is 13.1. The van der Waals surface area contributed by atoms with Gasteiger partial charge in [-0.15, -0.1) is 5.10 Å². The van der Waals surface area contributed by atoms with Crippen molar-refractivity contribution >= 4 is 17.6 Å². The molecule has 2 aromatic heterocycles. The van der Waals surface area contributed by atoms with Gasteiger partial charge in [0.2, 0.25) is 5.88 Å². The van der Waals surface area contributed by atoms with Crippen LogP contribution in [-0.2, 0) is 0 Å². The van der Waals surface area contributed by atoms with Crippen LogP contribution in [0, 0.1) is 5.41 Å². The molecule has 140 valence electrons. The van der Waals surface area contributed by atoms with Gasteiger partial charge in [0, 0.05) is 15.0 Å². The first-order chi connectivity index (χ1) is 13.0. The van der Waals surface area contributed by atoms with Gasteiger partial charge in [-0.2, -0.15) is 13.2 Å². The van der Waals surface area contributed by atoms with E-state index in [1.807, 2.05) is 0 Å². The van der Waals surface area contributed by atoms with Gasteiger partial charge < -0.3 is 9.84 Å². The zero-order valence-corrected chi connectivity index (χ0v) is 14.0. The number of aromatic carboxylic acids is 1. The van der Waals surface area contributed by atoms with Crippen LogP contribution in [0.1, 0.15) is 38.7 Å². The molecule has 0 saturated heterocycles. The minimum absolute atomic E-state index is 0.0629. The van der Waals surface area contributed by atoms with Crippen molar-refractivity contribution in [1.82, 2.24) is 14.8 Å². The van der Waals surface area contributed by atoms with E-state index in [0.717, 1.165) is 0 Å². The van der Waals surface area contributed by atoms with Crippen LogP contribution in [0.2, 0.25) is 5.15 Å². The molecule has 1 fully saturated rings. The van der Waals surface area contributed by atoms with E-state index in [4.69, 9.17) is 24.2 Å². The summed E-state index contributed by atoms with van der Waals surface area (Å²) in [5.74, 6) is -0.947. The molecular formula is C16H15ClF3N3O3. The SMILES string of the molecule is [2H]C([2H])(CCOc1ccn(-c2ccc(C(=O)O)c(Cl)n2)n1)C1(C(F)(F)F)CC1. The summed E-state index contributed by atoms with van der Waals surface area (Å²) in [4.78, 5) is 14.9. The van der Waals surface area contributed by atoms with Crippen LogP contribution in [0.4, 0.5) is 13.2 Å². The van der Waals surface area contributed by atoms with Crippen molar-refractivity contribution in [2.75, 3.05) is 6.61 Å². The Labute approximate surface area is 154 Å². The molecular weight excluding hydrogens is 375 g/mol. The fourth-order valence-electron chi connectivity index (χ4n) is 2.35. The molecule has 1 aliphatic carbocycles. The summed E-state index contributed by atoms with van der Waals surface area (Å²) < 4.78 is 61.4. The number of aromatic nitrogens is 3. The van der Waals surface area contributed by atoms with E-state index in [2.05, 4.69) is 10.1 Å². The first kappa shape index (κ1) is 15.9. The summed E-state index contributed by atoms with van der Waals surface area (Å²) in [5.41, 5.74) is -2.47. The third-order valence-electron chi connectivity index (χ3n) is 3.97. The molecule has 0 amide bonds. The Hall–Kier alpha value is -2.29. The number of halogens is 4. The molecule has 0 bridgehead atoms. The van der Waals surface area contributed by atoms with E-state index in [0.29, 0.717) is 0 Å². The second kappa shape index (κ2) is 6.79. The van der Waals surface area contributed by atoms with Crippen molar-refractivity contribution in [1.29, 1.82) is 0 Å². The molecule has 0 aromatic carbocycles. The molecule has 6 nitrogen and oxygen atoms in total. The lowest BCUT2D eigenvalue weighted by atomic mass is 10.0. The molecule has 2 aromatic rings. The topological polar surface area (TPSA) is 77.2 Å². The number of rotatable bonds is 7. The summed E-state index contributed by atoms with van der Waals surface area (Å²) in [5, 5.41) is 12.7. The largest absolute Gasteiger partial charge is 0.478 e. The van der Waals surface area contributed by atoms with Crippen molar-refractivity contribution in [3.63, 3.8) is 0 Å². The fourth-order valence-corrected chi connectivity index (χ4v) is 2.59. The fraction of sp³-hybridized carbons (Fsp3) is 0.438. The Morgan fingerprint density at radius 2 is 2.15 bits per heavy atom. The quantitative estimate of drug-likeness (QED) is 0.718. The Balaban J connectivity index is 1.63. The lowest BCUT2D eigenvalue weighted by molar-refractivity contribution is -0.189. The number of hydrogen-bond donors (Lipinski definition) is 1. The number of ether oxygens (including phenoxy) is 1. The van der Waals surface area contributed by atoms with Crippen molar-refractivity contribution in [3.8, 4) is 11.7 Å². The molecule has 0 aliphatic heterocycles. The van der Waals surface area contributed by atoms with Crippen LogP contribution in [-0.4, -0.2) is 38.6 Å². The molecule has 3 rings (SSSR count). The number of nitrogens with zero attached hydrogens (tertiary/aromatic N) is 3. The molecule has 2 heterocycles. The van der Waals surface area contributed by atoms with Gasteiger partial charge in [-0.05, 0) is 37.8 Å². The van der Waals surface area contributed by atoms with Crippen LogP contribution in [0.15, 0.2) is 24.4 Å². The predicted octanol–water partition coefficient (Wildman–Crippen LogP) is 4.12. The third kappa shape index (κ3) is 3.77. The Morgan fingerprint density at radius 3 is 2.73 bits per heavy atom. The number of carboxylic acids is 1. The average Bonchev–Trinajstić information content (AvgIpc) is 3.30. The van der Waals surface area contributed by atoms with Crippen molar-refractivity contribution < 1.29 is 30.6 Å². The lowest BCUT2D eigenvalue weighted by Crippen LogP contribution is -2.24. The average molecular weight is 392 g/mol. The molecule has 0 unspecified atom stereocenters. The molecule has 0 spiro atoms. The van der Waals surface area contributed by atoms with Crippen LogP contribution in [0.25, 0.3) is 5.82 Å². The molecule has 1 aliphatic rings. The maximum atomic E-state index is 13.1. The van der Waals surface area contributed by atoms with E-state index in [-0.39, 0.29) is 41.9 Å². The Morgan fingerprint density at radius 1 is 1.42 bits per heavy atom. The van der Waals surface area contributed by atoms with Crippen LogP contribution >= 0.6 is 11.6 Å². The summed E-state index contributed by atoms with van der Waals surface area (Å²) in [6.07, 6.45) is -6.47. The standard InChI is InChI=1S/C16H15ClF3N3O3/c17-13-10(14(24)25)2-3-11(21-13)23-8-4-12(22-23)26-9-1-5-15(6-7-15)16(18,19)20/h2-4,8H,1,5-7,9H2,(H,24,25)/i5D2. The highest BCUT2D eigenvalue weighted by Gasteiger charge is 2.62. The van der Waals surface area contributed by atoms with Gasteiger partial charge >= 0.3 is 12.1 Å². The van der Waals surface area contributed by atoms with Crippen molar-refractivity contribution in [2.24, 2.45) is 5.41 Å². The summed E-state index contributed by atoms with van der Waals surface area (Å²) in [6.45, 7) is -0.284. The minimum atomic E-state index is -4.59. The molecule has 1 N–H and O–H groups in total. The third-order valence-corrected chi connectivity index (χ3v) is 4.26. The van der Waals surface area contributed by atoms with E-state index >= 15 is 0 Å². The van der Waals surface area contributed by atoms with Crippen LogP contribution in [0.5, 0.6) is 5.88 Å². The zero-order valence-electron chi connectivity index (χ0n) is 15.3. The van der Waals surface area contributed by atoms with E-state index < -0.39 is 30.4 Å². The second-order valence-corrected chi connectivity index (χ2v) is 6.12. The highest BCUT2D eigenvalue weighted by Crippen LogP contribution is 2.60. The summed E-state index contributed by atoms with van der Waals surface area (Å²) in [6, 6.07) is 4.06. The molecule has 10 heteroatoms. The Bertz CT molecular complexity index is 901. The molecule has 26 heavy (non-hydrogen) atoms. The summed E-state index contributed by atoms with van der Waals surface area (Å²) in [7, 11) is 0. The van der Waals surface area contributed by atoms with Gasteiger partial charge in [0.15, 0.2) is 5.82 Å². The predicted molar refractivity (Wildman–Crippen MR) is 85.8 cm³/mol. The molecule has 1 saturated carbocycles. The van der Waals surface area contributed by atoms with Crippen molar-refractivity contribution in [2.45, 2.75) is 31.8 Å². The Kier molecular flexibility index (Phi) is 4.16. The van der Waals surface area contributed by atoms with Gasteiger partial charge in [0.1, 0.15) is 5.15 Å². The number of carbonyl (C=O) groups is 1. The number of pyridine rings is 1. The monoisotopic (exact) mass is 391 g/mol. The highest BCUT2D eigenvalue weighted by atomic mass is 35.5. The number of hydrogen-bond acceptors (Lipinski definition) is 4. The van der Waals surface area contributed by atoms with Gasteiger partial charge in [-0.25, -0.2) is 14.5 Å². The number of carboxylic acid groups (broad SMARTS) is 1. The van der Waals surface area contributed by atoms with Gasteiger partial charge in [0.25, 0.3) is 0 Å². The maximum Gasteiger partial charge on any atom is 0.394 e. The minimum Gasteiger partial charge on any atom is -0.478 e. The van der Waals surface area contributed by atoms with Crippen LogP contribution < -0.4 is 4.74 Å². The molecule has 0 radical (unpaired) electrons. The second-order valence-electron chi connectivity index (χ2n) is 5.77. The van der Waals surface area contributed by atoms with E-state index in [9.17, 15) is 18.0 Å². The van der Waals surface area contributed by atoms with Crippen LogP contribution in [0.3, 0.4) is 0 Å². The summed E-state index contributed by atoms with van der Waals surface area (Å²) >= 11 is 5.80. The first-order valence-electron chi connectivity index (χ1n) is 8.62. The van der Waals surface area contributed by atoms with E-state index in [1.54, 1.807) is 0 Å². The van der Waals surface area contributed by atoms with Gasteiger partial charge in [-0.3, -0.25) is 0 Å². The zero-order chi connectivity index (χ0) is 20.7. The first-order valence-corrected chi connectivity index (χ1v) is 8.00. The number of alkyl halides is 3. The highest BCUT2D eigenvalue weighted by molar-refractivity contribution is 6.32. The molecule has 0 atom stereocenters. The normalized spacial score (nSPS) is 17.4. The van der Waals surface area contributed by atoms with Gasteiger partial charge in [0.05, 0.1) is 17.6 Å². The smallest absolute Gasteiger partial charge is 0.394 e.